The van der Waals surface area contributed by atoms with Crippen LogP contribution in [-0.2, 0) is 4.79 Å². The van der Waals surface area contributed by atoms with Crippen molar-refractivity contribution in [3.05, 3.63) is 12.2 Å². The van der Waals surface area contributed by atoms with Crippen molar-refractivity contribution >= 4 is 5.91 Å². The molecule has 2 N–H and O–H groups in total. The highest BCUT2D eigenvalue weighted by atomic mass is 16.2. The van der Waals surface area contributed by atoms with E-state index in [0.717, 1.165) is 32.4 Å². The van der Waals surface area contributed by atoms with Crippen LogP contribution < -0.4 is 5.73 Å². The van der Waals surface area contributed by atoms with Gasteiger partial charge in [0.2, 0.25) is 5.91 Å². The molecule has 0 aromatic heterocycles. The molecule has 0 unspecified atom stereocenters. The van der Waals surface area contributed by atoms with Crippen LogP contribution >= 0.6 is 0 Å². The van der Waals surface area contributed by atoms with Crippen LogP contribution in [0.3, 0.4) is 0 Å². The number of hydrogen-bond donors (Lipinski definition) is 1. The minimum Gasteiger partial charge on any atom is -0.338 e. The SMILES string of the molecule is CCC(CC)(CN)C(=O)N1CC=CCC1. The maximum atomic E-state index is 12.3. The fourth-order valence-electron chi connectivity index (χ4n) is 2.09. The average molecular weight is 210 g/mol. The van der Waals surface area contributed by atoms with Gasteiger partial charge in [-0.15, -0.1) is 0 Å². The van der Waals surface area contributed by atoms with Gasteiger partial charge in [0.15, 0.2) is 0 Å². The van der Waals surface area contributed by atoms with Gasteiger partial charge in [0, 0.05) is 19.6 Å². The molecule has 3 nitrogen and oxygen atoms in total. The highest BCUT2D eigenvalue weighted by molar-refractivity contribution is 5.83. The topological polar surface area (TPSA) is 46.3 Å². The number of amides is 1. The summed E-state index contributed by atoms with van der Waals surface area (Å²) in [7, 11) is 0. The van der Waals surface area contributed by atoms with Gasteiger partial charge in [-0.25, -0.2) is 0 Å². The number of rotatable bonds is 4. The normalized spacial score (nSPS) is 16.9. The van der Waals surface area contributed by atoms with Gasteiger partial charge >= 0.3 is 0 Å². The van der Waals surface area contributed by atoms with Gasteiger partial charge in [0.1, 0.15) is 0 Å². The molecule has 0 aliphatic carbocycles. The molecule has 0 aromatic rings. The second-order valence-corrected chi connectivity index (χ2v) is 4.20. The van der Waals surface area contributed by atoms with E-state index in [-0.39, 0.29) is 11.3 Å². The lowest BCUT2D eigenvalue weighted by Gasteiger charge is -2.35. The van der Waals surface area contributed by atoms with Gasteiger partial charge in [-0.1, -0.05) is 26.0 Å². The lowest BCUT2D eigenvalue weighted by atomic mass is 9.80. The van der Waals surface area contributed by atoms with E-state index in [1.807, 2.05) is 18.7 Å². The van der Waals surface area contributed by atoms with Crippen molar-refractivity contribution in [1.29, 1.82) is 0 Å². The number of nitrogens with two attached hydrogens (primary N) is 1. The zero-order valence-corrected chi connectivity index (χ0v) is 9.83. The van der Waals surface area contributed by atoms with Crippen molar-refractivity contribution in [3.63, 3.8) is 0 Å². The molecule has 1 aliphatic rings. The molecule has 1 aliphatic heterocycles. The van der Waals surface area contributed by atoms with Gasteiger partial charge in [-0.3, -0.25) is 4.79 Å². The Kier molecular flexibility index (Phi) is 4.33. The smallest absolute Gasteiger partial charge is 0.230 e. The maximum absolute atomic E-state index is 12.3. The van der Waals surface area contributed by atoms with Crippen LogP contribution in [-0.4, -0.2) is 30.4 Å². The highest BCUT2D eigenvalue weighted by Gasteiger charge is 2.36. The van der Waals surface area contributed by atoms with Gasteiger partial charge < -0.3 is 10.6 Å². The van der Waals surface area contributed by atoms with Gasteiger partial charge in [0.25, 0.3) is 0 Å². The Morgan fingerprint density at radius 3 is 2.47 bits per heavy atom. The molecule has 0 spiro atoms. The lowest BCUT2D eigenvalue weighted by Crippen LogP contribution is -2.48. The number of nitrogens with zero attached hydrogens (tertiary/aromatic N) is 1. The third-order valence-corrected chi connectivity index (χ3v) is 3.54. The second-order valence-electron chi connectivity index (χ2n) is 4.20. The van der Waals surface area contributed by atoms with E-state index in [1.165, 1.54) is 0 Å². The van der Waals surface area contributed by atoms with E-state index >= 15 is 0 Å². The molecule has 1 heterocycles. The van der Waals surface area contributed by atoms with E-state index in [4.69, 9.17) is 5.73 Å². The minimum absolute atomic E-state index is 0.236. The minimum atomic E-state index is -0.328. The average Bonchev–Trinajstić information content (AvgIpc) is 2.33. The molecule has 0 atom stereocenters. The van der Waals surface area contributed by atoms with E-state index in [0.29, 0.717) is 6.54 Å². The van der Waals surface area contributed by atoms with Crippen LogP contribution in [0.25, 0.3) is 0 Å². The molecular formula is C12H22N2O. The number of carbonyl (C=O) groups is 1. The van der Waals surface area contributed by atoms with Gasteiger partial charge in [0.05, 0.1) is 5.41 Å². The molecule has 0 radical (unpaired) electrons. The summed E-state index contributed by atoms with van der Waals surface area (Å²) in [5.41, 5.74) is 5.44. The molecule has 0 saturated heterocycles. The van der Waals surface area contributed by atoms with Crippen molar-refractivity contribution in [3.8, 4) is 0 Å². The third kappa shape index (κ3) is 2.40. The largest absolute Gasteiger partial charge is 0.338 e. The predicted octanol–water partition coefficient (Wildman–Crippen LogP) is 1.54. The first-order chi connectivity index (χ1) is 7.20. The van der Waals surface area contributed by atoms with Crippen molar-refractivity contribution in [1.82, 2.24) is 4.90 Å². The van der Waals surface area contributed by atoms with Crippen LogP contribution in [0.1, 0.15) is 33.1 Å². The Morgan fingerprint density at radius 2 is 2.07 bits per heavy atom. The Balaban J connectivity index is 2.75. The Bertz CT molecular complexity index is 236. The fourth-order valence-corrected chi connectivity index (χ4v) is 2.09. The standard InChI is InChI=1S/C12H22N2O/c1-3-12(4-2,10-13)11(15)14-8-6-5-7-9-14/h5-6H,3-4,7-10,13H2,1-2H3. The summed E-state index contributed by atoms with van der Waals surface area (Å²) in [4.78, 5) is 14.3. The second kappa shape index (κ2) is 5.31. The first kappa shape index (κ1) is 12.2. The molecule has 0 saturated carbocycles. The van der Waals surface area contributed by atoms with Crippen molar-refractivity contribution in [2.75, 3.05) is 19.6 Å². The molecule has 0 bridgehead atoms. The monoisotopic (exact) mass is 210 g/mol. The predicted molar refractivity (Wildman–Crippen MR) is 62.4 cm³/mol. The lowest BCUT2D eigenvalue weighted by molar-refractivity contribution is -0.141. The van der Waals surface area contributed by atoms with E-state index < -0.39 is 0 Å². The molecule has 0 aromatic carbocycles. The fraction of sp³-hybridized carbons (Fsp3) is 0.750. The van der Waals surface area contributed by atoms with Crippen LogP contribution in [0.5, 0.6) is 0 Å². The molecule has 0 fully saturated rings. The van der Waals surface area contributed by atoms with Crippen molar-refractivity contribution in [2.24, 2.45) is 11.1 Å². The Morgan fingerprint density at radius 1 is 1.40 bits per heavy atom. The van der Waals surface area contributed by atoms with Crippen LogP contribution in [0.2, 0.25) is 0 Å². The highest BCUT2D eigenvalue weighted by Crippen LogP contribution is 2.28. The van der Waals surface area contributed by atoms with Gasteiger partial charge in [-0.2, -0.15) is 0 Å². The molecule has 15 heavy (non-hydrogen) atoms. The summed E-state index contributed by atoms with van der Waals surface area (Å²) >= 11 is 0. The van der Waals surface area contributed by atoms with Crippen molar-refractivity contribution in [2.45, 2.75) is 33.1 Å². The van der Waals surface area contributed by atoms with Crippen LogP contribution in [0, 0.1) is 5.41 Å². The first-order valence-electron chi connectivity index (χ1n) is 5.84. The Hall–Kier alpha value is -0.830. The van der Waals surface area contributed by atoms with E-state index in [2.05, 4.69) is 12.2 Å². The maximum Gasteiger partial charge on any atom is 0.230 e. The summed E-state index contributed by atoms with van der Waals surface area (Å²) in [6.07, 6.45) is 6.83. The summed E-state index contributed by atoms with van der Waals surface area (Å²) < 4.78 is 0. The number of carbonyl (C=O) groups excluding carboxylic acids is 1. The zero-order valence-electron chi connectivity index (χ0n) is 9.83. The molecule has 86 valence electrons. The Labute approximate surface area is 92.3 Å². The quantitative estimate of drug-likeness (QED) is 0.715. The van der Waals surface area contributed by atoms with Crippen molar-refractivity contribution < 1.29 is 4.79 Å². The zero-order chi connectivity index (χ0) is 11.3. The molecular weight excluding hydrogens is 188 g/mol. The first-order valence-corrected chi connectivity index (χ1v) is 5.84. The third-order valence-electron chi connectivity index (χ3n) is 3.54. The summed E-state index contributed by atoms with van der Waals surface area (Å²) in [5, 5.41) is 0. The van der Waals surface area contributed by atoms with E-state index in [1.54, 1.807) is 0 Å². The van der Waals surface area contributed by atoms with Crippen LogP contribution in [0.4, 0.5) is 0 Å². The molecule has 1 rings (SSSR count). The molecule has 3 heteroatoms. The molecule has 1 amide bonds. The summed E-state index contributed by atoms with van der Waals surface area (Å²) in [6, 6.07) is 0. The van der Waals surface area contributed by atoms with E-state index in [9.17, 15) is 4.79 Å². The summed E-state index contributed by atoms with van der Waals surface area (Å²) in [5.74, 6) is 0.236. The van der Waals surface area contributed by atoms with Gasteiger partial charge in [-0.05, 0) is 19.3 Å². The van der Waals surface area contributed by atoms with Crippen LogP contribution in [0.15, 0.2) is 12.2 Å². The summed E-state index contributed by atoms with van der Waals surface area (Å²) in [6.45, 7) is 6.15. The number of hydrogen-bond acceptors (Lipinski definition) is 2.